The molecule has 18 heavy (non-hydrogen) atoms. The highest BCUT2D eigenvalue weighted by atomic mass is 32.2. The number of aromatic nitrogens is 2. The Morgan fingerprint density at radius 2 is 1.83 bits per heavy atom. The summed E-state index contributed by atoms with van der Waals surface area (Å²) >= 11 is 0.991. The lowest BCUT2D eigenvalue weighted by atomic mass is 10.3. The lowest BCUT2D eigenvalue weighted by Gasteiger charge is -2.05. The number of halogens is 2. The Labute approximate surface area is 105 Å². The molecule has 0 atom stereocenters. The van der Waals surface area contributed by atoms with E-state index in [2.05, 4.69) is 9.97 Å². The Morgan fingerprint density at radius 3 is 2.39 bits per heavy atom. The molecule has 0 spiro atoms. The average molecular weight is 270 g/mol. The third-order valence-corrected chi connectivity index (χ3v) is 3.22. The first-order chi connectivity index (χ1) is 8.47. The summed E-state index contributed by atoms with van der Waals surface area (Å²) in [5, 5.41) is 8.98. The molecule has 0 saturated carbocycles. The third-order valence-electron chi connectivity index (χ3n) is 2.17. The van der Waals surface area contributed by atoms with E-state index in [9.17, 15) is 13.6 Å². The monoisotopic (exact) mass is 270 g/mol. The van der Waals surface area contributed by atoms with Gasteiger partial charge in [-0.25, -0.2) is 18.7 Å². The standard InChI is InChI=1S/C11H8F2N2O2S/c1-5-11(18-4-10(16)17)15-9-3-7(13)6(12)2-8(9)14-5/h2-3H,4H2,1H3,(H,16,17). The molecule has 0 saturated heterocycles. The molecule has 0 aliphatic rings. The van der Waals surface area contributed by atoms with Gasteiger partial charge in [0.05, 0.1) is 22.5 Å². The van der Waals surface area contributed by atoms with E-state index in [1.807, 2.05) is 0 Å². The fraction of sp³-hybridized carbons (Fsp3) is 0.182. The maximum absolute atomic E-state index is 13.1. The Morgan fingerprint density at radius 1 is 1.28 bits per heavy atom. The zero-order chi connectivity index (χ0) is 13.3. The quantitative estimate of drug-likeness (QED) is 0.868. The first-order valence-corrected chi connectivity index (χ1v) is 5.94. The smallest absolute Gasteiger partial charge is 0.313 e. The van der Waals surface area contributed by atoms with E-state index in [0.717, 1.165) is 23.9 Å². The molecule has 0 aliphatic carbocycles. The molecule has 1 aromatic heterocycles. The number of carboxylic acid groups (broad SMARTS) is 1. The van der Waals surface area contributed by atoms with Gasteiger partial charge in [-0.2, -0.15) is 0 Å². The maximum Gasteiger partial charge on any atom is 0.313 e. The number of fused-ring (bicyclic) bond motifs is 1. The van der Waals surface area contributed by atoms with E-state index >= 15 is 0 Å². The molecule has 2 rings (SSSR count). The molecule has 0 bridgehead atoms. The molecule has 0 unspecified atom stereocenters. The highest BCUT2D eigenvalue weighted by Crippen LogP contribution is 2.23. The van der Waals surface area contributed by atoms with Gasteiger partial charge in [-0.05, 0) is 6.92 Å². The number of hydrogen-bond acceptors (Lipinski definition) is 4. The van der Waals surface area contributed by atoms with Crippen LogP contribution in [0.4, 0.5) is 8.78 Å². The number of aryl methyl sites for hydroxylation is 1. The van der Waals surface area contributed by atoms with Crippen LogP contribution < -0.4 is 0 Å². The van der Waals surface area contributed by atoms with Crippen LogP contribution in [0.15, 0.2) is 17.2 Å². The van der Waals surface area contributed by atoms with Gasteiger partial charge in [0.25, 0.3) is 0 Å². The fourth-order valence-corrected chi connectivity index (χ4v) is 2.07. The van der Waals surface area contributed by atoms with Crippen molar-refractivity contribution in [2.45, 2.75) is 11.9 Å². The van der Waals surface area contributed by atoms with Crippen molar-refractivity contribution < 1.29 is 18.7 Å². The molecular formula is C11H8F2N2O2S. The lowest BCUT2D eigenvalue weighted by Crippen LogP contribution is -2.01. The largest absolute Gasteiger partial charge is 0.481 e. The second-order valence-corrected chi connectivity index (χ2v) is 4.52. The summed E-state index contributed by atoms with van der Waals surface area (Å²) in [7, 11) is 0. The minimum atomic E-state index is -1.00. The first-order valence-electron chi connectivity index (χ1n) is 4.95. The number of rotatable bonds is 3. The van der Waals surface area contributed by atoms with Crippen LogP contribution >= 0.6 is 11.8 Å². The highest BCUT2D eigenvalue weighted by molar-refractivity contribution is 7.99. The molecule has 2 aromatic rings. The van der Waals surface area contributed by atoms with Gasteiger partial charge in [0.1, 0.15) is 5.03 Å². The van der Waals surface area contributed by atoms with Gasteiger partial charge >= 0.3 is 5.97 Å². The molecule has 0 amide bonds. The van der Waals surface area contributed by atoms with Crippen LogP contribution in [-0.4, -0.2) is 26.8 Å². The average Bonchev–Trinajstić information content (AvgIpc) is 2.29. The SMILES string of the molecule is Cc1nc2cc(F)c(F)cc2nc1SCC(=O)O. The minimum Gasteiger partial charge on any atom is -0.481 e. The van der Waals surface area contributed by atoms with E-state index in [1.165, 1.54) is 0 Å². The lowest BCUT2D eigenvalue weighted by molar-refractivity contribution is -0.133. The molecule has 94 valence electrons. The molecule has 1 aromatic carbocycles. The van der Waals surface area contributed by atoms with E-state index in [-0.39, 0.29) is 16.8 Å². The Balaban J connectivity index is 2.47. The van der Waals surface area contributed by atoms with Gasteiger partial charge in [-0.1, -0.05) is 11.8 Å². The van der Waals surface area contributed by atoms with Crippen LogP contribution in [0.1, 0.15) is 5.69 Å². The molecule has 1 N–H and O–H groups in total. The second kappa shape index (κ2) is 4.85. The second-order valence-electron chi connectivity index (χ2n) is 3.55. The third kappa shape index (κ3) is 2.56. The van der Waals surface area contributed by atoms with E-state index in [4.69, 9.17) is 5.11 Å². The van der Waals surface area contributed by atoms with E-state index < -0.39 is 17.6 Å². The molecule has 0 fully saturated rings. The van der Waals surface area contributed by atoms with E-state index in [1.54, 1.807) is 6.92 Å². The Kier molecular flexibility index (Phi) is 3.42. The van der Waals surface area contributed by atoms with Gasteiger partial charge in [0.2, 0.25) is 0 Å². The van der Waals surface area contributed by atoms with Crippen molar-refractivity contribution in [1.82, 2.24) is 9.97 Å². The summed E-state index contributed by atoms with van der Waals surface area (Å²) in [6.45, 7) is 1.64. The normalized spacial score (nSPS) is 10.8. The zero-order valence-electron chi connectivity index (χ0n) is 9.28. The van der Waals surface area contributed by atoms with Crippen LogP contribution in [0.3, 0.4) is 0 Å². The van der Waals surface area contributed by atoms with Crippen molar-refractivity contribution in [3.63, 3.8) is 0 Å². The summed E-state index contributed by atoms with van der Waals surface area (Å²) in [6.07, 6.45) is 0. The van der Waals surface area contributed by atoms with Crippen LogP contribution in [-0.2, 0) is 4.79 Å². The number of nitrogens with zero attached hydrogens (tertiary/aromatic N) is 2. The number of hydrogen-bond donors (Lipinski definition) is 1. The molecule has 7 heteroatoms. The molecular weight excluding hydrogens is 262 g/mol. The van der Waals surface area contributed by atoms with Crippen LogP contribution in [0.2, 0.25) is 0 Å². The molecule has 1 heterocycles. The first kappa shape index (κ1) is 12.7. The molecule has 4 nitrogen and oxygen atoms in total. The van der Waals surface area contributed by atoms with Gasteiger partial charge in [0, 0.05) is 12.1 Å². The van der Waals surface area contributed by atoms with Gasteiger partial charge in [-0.3, -0.25) is 4.79 Å². The summed E-state index contributed by atoms with van der Waals surface area (Å²) in [5.74, 6) is -3.13. The van der Waals surface area contributed by atoms with Crippen LogP contribution in [0, 0.1) is 18.6 Å². The molecule has 0 aliphatic heterocycles. The van der Waals surface area contributed by atoms with Crippen molar-refractivity contribution >= 4 is 28.8 Å². The summed E-state index contributed by atoms with van der Waals surface area (Å²) in [5.41, 5.74) is 0.929. The van der Waals surface area contributed by atoms with Crippen molar-refractivity contribution in [1.29, 1.82) is 0 Å². The molecule has 0 radical (unpaired) electrons. The number of thioether (sulfide) groups is 1. The van der Waals surface area contributed by atoms with Crippen LogP contribution in [0.25, 0.3) is 11.0 Å². The highest BCUT2D eigenvalue weighted by Gasteiger charge is 2.11. The number of carboxylic acids is 1. The summed E-state index contributed by atoms with van der Waals surface area (Å²) < 4.78 is 26.1. The van der Waals surface area contributed by atoms with Gasteiger partial charge in [-0.15, -0.1) is 0 Å². The van der Waals surface area contributed by atoms with Crippen LogP contribution in [0.5, 0.6) is 0 Å². The Hall–Kier alpha value is -1.76. The van der Waals surface area contributed by atoms with Crippen molar-refractivity contribution in [3.8, 4) is 0 Å². The van der Waals surface area contributed by atoms with Gasteiger partial charge < -0.3 is 5.11 Å². The van der Waals surface area contributed by atoms with Crippen molar-refractivity contribution in [2.75, 3.05) is 5.75 Å². The number of benzene rings is 1. The predicted molar refractivity (Wildman–Crippen MR) is 62.6 cm³/mol. The van der Waals surface area contributed by atoms with E-state index in [0.29, 0.717) is 10.7 Å². The predicted octanol–water partition coefficient (Wildman–Crippen LogP) is 2.39. The number of carbonyl (C=O) groups is 1. The number of aliphatic carboxylic acids is 1. The van der Waals surface area contributed by atoms with Gasteiger partial charge in [0.15, 0.2) is 11.6 Å². The van der Waals surface area contributed by atoms with Crippen molar-refractivity contribution in [2.24, 2.45) is 0 Å². The van der Waals surface area contributed by atoms with Crippen molar-refractivity contribution in [3.05, 3.63) is 29.5 Å². The maximum atomic E-state index is 13.1. The summed E-state index contributed by atoms with van der Waals surface area (Å²) in [6, 6.07) is 1.91. The topological polar surface area (TPSA) is 63.1 Å². The minimum absolute atomic E-state index is 0.162. The zero-order valence-corrected chi connectivity index (χ0v) is 10.1. The summed E-state index contributed by atoms with van der Waals surface area (Å²) in [4.78, 5) is 18.6. The Bertz CT molecular complexity index is 634. The fourth-order valence-electron chi connectivity index (χ4n) is 1.39.